The highest BCUT2D eigenvalue weighted by atomic mass is 32.1. The molecule has 4 atom stereocenters. The molecule has 0 saturated carbocycles. The van der Waals surface area contributed by atoms with Gasteiger partial charge in [-0.05, 0) is 149 Å². The van der Waals surface area contributed by atoms with Gasteiger partial charge >= 0.3 is 0 Å². The van der Waals surface area contributed by atoms with E-state index in [-0.39, 0.29) is 46.6 Å². The van der Waals surface area contributed by atoms with Gasteiger partial charge in [-0.3, -0.25) is 9.97 Å². The fraction of sp³-hybridized carbons (Fsp3) is 0.333. The third kappa shape index (κ3) is 15.9. The van der Waals surface area contributed by atoms with E-state index in [9.17, 15) is 26.3 Å². The smallest absolute Gasteiger partial charge is 0.253 e. The van der Waals surface area contributed by atoms with Crippen LogP contribution in [0, 0.1) is 41.8 Å². The second-order valence-corrected chi connectivity index (χ2v) is 34.1. The van der Waals surface area contributed by atoms with Gasteiger partial charge in [0.1, 0.15) is 78.8 Å². The topological polar surface area (TPSA) is 276 Å². The van der Waals surface area contributed by atoms with Crippen molar-refractivity contribution in [3.63, 3.8) is 0 Å². The number of fused-ring (bicyclic) bond motifs is 4. The summed E-state index contributed by atoms with van der Waals surface area (Å²) in [5.41, 5.74) is 8.00. The van der Waals surface area contributed by atoms with Crippen molar-refractivity contribution in [1.82, 2.24) is 109 Å². The lowest BCUT2D eigenvalue weighted by Crippen LogP contribution is -2.24. The highest BCUT2D eigenvalue weighted by Gasteiger charge is 2.35. The van der Waals surface area contributed by atoms with E-state index in [1.807, 2.05) is 80.4 Å². The largest absolute Gasteiger partial charge is 0.420 e. The summed E-state index contributed by atoms with van der Waals surface area (Å²) < 4.78 is 96.5. The van der Waals surface area contributed by atoms with E-state index < -0.39 is 23.3 Å². The maximum atomic E-state index is 14.5. The molecule has 0 amide bonds. The van der Waals surface area contributed by atoms with Crippen LogP contribution in [0.1, 0.15) is 167 Å². The summed E-state index contributed by atoms with van der Waals surface area (Å²) in [6, 6.07) is 17.5. The predicted molar refractivity (Wildman–Crippen MR) is 432 cm³/mol. The van der Waals surface area contributed by atoms with Crippen LogP contribution in [0.15, 0.2) is 152 Å². The van der Waals surface area contributed by atoms with Crippen molar-refractivity contribution in [2.75, 3.05) is 45.8 Å². The van der Waals surface area contributed by atoms with Crippen molar-refractivity contribution < 1.29 is 30.8 Å². The molecule has 598 valence electrons. The lowest BCUT2D eigenvalue weighted by atomic mass is 9.97. The van der Waals surface area contributed by atoms with Crippen molar-refractivity contribution in [3.05, 3.63) is 225 Å². The Morgan fingerprint density at radius 3 is 1.20 bits per heavy atom. The Morgan fingerprint density at radius 2 is 0.803 bits per heavy atom. The quantitative estimate of drug-likeness (QED) is 0.0970. The van der Waals surface area contributed by atoms with Gasteiger partial charge in [0.2, 0.25) is 5.89 Å². The van der Waals surface area contributed by atoms with Crippen molar-refractivity contribution in [1.29, 1.82) is 0 Å². The molecule has 0 spiro atoms. The molecule has 18 heterocycles. The van der Waals surface area contributed by atoms with Gasteiger partial charge in [-0.25, -0.2) is 64.3 Å². The van der Waals surface area contributed by atoms with Crippen molar-refractivity contribution >= 4 is 79.9 Å². The molecule has 4 aliphatic rings. The van der Waals surface area contributed by atoms with Gasteiger partial charge in [0.15, 0.2) is 37.6 Å². The van der Waals surface area contributed by atoms with Gasteiger partial charge in [-0.15, -0.1) is 40.8 Å². The van der Waals surface area contributed by atoms with E-state index in [1.165, 1.54) is 59.3 Å². The van der Waals surface area contributed by atoms with Crippen LogP contribution in [0.25, 0.3) is 65.8 Å². The van der Waals surface area contributed by atoms with E-state index in [0.29, 0.717) is 57.9 Å². The molecule has 117 heavy (non-hydrogen) atoms. The molecule has 16 aromatic rings. The van der Waals surface area contributed by atoms with Crippen LogP contribution in [-0.4, -0.2) is 135 Å². The van der Waals surface area contributed by atoms with Gasteiger partial charge in [-0.2, -0.15) is 20.4 Å². The fourth-order valence-electron chi connectivity index (χ4n) is 15.1. The lowest BCUT2D eigenvalue weighted by Gasteiger charge is -2.26. The summed E-state index contributed by atoms with van der Waals surface area (Å²) in [7, 11) is 0. The van der Waals surface area contributed by atoms with Gasteiger partial charge in [0.05, 0.1) is 78.0 Å². The zero-order chi connectivity index (χ0) is 81.0. The molecule has 0 N–H and O–H groups in total. The molecule has 2 aromatic carbocycles. The summed E-state index contributed by atoms with van der Waals surface area (Å²) >= 11 is 4.61. The summed E-state index contributed by atoms with van der Waals surface area (Å²) in [5, 5.41) is 56.6. The molecule has 4 aliphatic heterocycles. The van der Waals surface area contributed by atoms with Gasteiger partial charge in [0.25, 0.3) is 5.89 Å². The first-order valence-corrected chi connectivity index (χ1v) is 40.9. The number of rotatable bonds is 13. The summed E-state index contributed by atoms with van der Waals surface area (Å²) in [6.07, 6.45) is 28.3. The van der Waals surface area contributed by atoms with Gasteiger partial charge in [-0.1, -0.05) is 82.5 Å². The second-order valence-electron chi connectivity index (χ2n) is 30.9. The van der Waals surface area contributed by atoms with Gasteiger partial charge in [0, 0.05) is 85.3 Å². The Balaban J connectivity index is 0.000000112. The van der Waals surface area contributed by atoms with Crippen LogP contribution in [0.4, 0.5) is 49.6 Å². The minimum absolute atomic E-state index is 0.0674. The van der Waals surface area contributed by atoms with E-state index >= 15 is 0 Å². The standard InChI is InChI=1S/C22H22F2N6O.C22H22F2N6S.C19H18FN7S.C18H16FN7S/c2*1-22(2,3)21-28-27-20(31-21)15-12-25-30-10-8-18(26-19(15)30)29-9-4-5-17(29)14-11-13(23)6-7-16(14)24;1-2-17-24-25-19(28-17)14-11-22-27-7-5-16(23-18(14)27)26-6-3-4-15(26)12-8-13(20)10-21-9-12;1-11-23-24-18(27-11)14-10-21-26-6-4-16(22-17(14)26)25-5-2-3-15(25)12-7-13(19)9-20-8-12/h2*6-8,10-12,17H,4-5,9H2,1-3H3;5,7-11,15H,2-4,6H2,1H3;4,6-10,15H,2-3,5H2,1H3. The SMILES string of the molecule is CC(C)(C)c1nnc(-c2cnn3ccc(N4CCCC4c4cc(F)ccc4F)nc23)o1.CC(C)(C)c1nnc(-c2cnn3ccc(N4CCCC4c4cc(F)ccc4F)nc23)s1.CCc1nnc(-c2cnn3ccc(N4CCCC4c4cncc(F)c4)nc23)s1.Cc1nnc(-c2cnn3ccc(N4CCCC4c4cncc(F)c4)nc23)s1. The monoisotopic (exact) mass is 1640 g/mol. The Kier molecular flexibility index (Phi) is 21.3. The third-order valence-corrected chi connectivity index (χ3v) is 24.2. The first kappa shape index (κ1) is 77.4. The molecule has 14 aromatic heterocycles. The first-order valence-electron chi connectivity index (χ1n) is 38.4. The van der Waals surface area contributed by atoms with E-state index in [4.69, 9.17) is 24.4 Å². The number of anilines is 4. The van der Waals surface area contributed by atoms with Crippen molar-refractivity contribution in [2.45, 2.75) is 148 Å². The number of benzene rings is 2. The normalized spacial score (nSPS) is 17.0. The molecule has 0 aliphatic carbocycles. The number of aryl methyl sites for hydroxylation is 2. The molecule has 4 fully saturated rings. The van der Waals surface area contributed by atoms with Crippen molar-refractivity contribution in [2.24, 2.45) is 0 Å². The average molecular weight is 1640 g/mol. The highest BCUT2D eigenvalue weighted by Crippen LogP contribution is 2.43. The zero-order valence-electron chi connectivity index (χ0n) is 64.9. The van der Waals surface area contributed by atoms with Crippen LogP contribution >= 0.6 is 34.0 Å². The van der Waals surface area contributed by atoms with Crippen molar-refractivity contribution in [3.8, 4) is 43.2 Å². The number of hydrogen-bond acceptors (Lipinski definition) is 26. The molecular formula is C81H78F6N26OS3. The molecular weight excluding hydrogens is 1560 g/mol. The maximum Gasteiger partial charge on any atom is 0.253 e. The first-order chi connectivity index (χ1) is 56.5. The van der Waals surface area contributed by atoms with E-state index in [0.717, 1.165) is 170 Å². The Bertz CT molecular complexity index is 6080. The number of hydrogen-bond donors (Lipinski definition) is 0. The molecule has 4 saturated heterocycles. The van der Waals surface area contributed by atoms with E-state index in [1.54, 1.807) is 84.9 Å². The third-order valence-electron chi connectivity index (χ3n) is 20.8. The minimum atomic E-state index is -0.448. The van der Waals surface area contributed by atoms with Crippen LogP contribution in [0.5, 0.6) is 0 Å². The lowest BCUT2D eigenvalue weighted by molar-refractivity contribution is 0.399. The average Bonchev–Trinajstić information content (AvgIpc) is 1.65. The molecule has 27 nitrogen and oxygen atoms in total. The Hall–Kier alpha value is -12.2. The van der Waals surface area contributed by atoms with Gasteiger partial charge < -0.3 is 24.0 Å². The molecule has 36 heteroatoms. The van der Waals surface area contributed by atoms with Crippen LogP contribution in [0.3, 0.4) is 0 Å². The van der Waals surface area contributed by atoms with Crippen LogP contribution in [0.2, 0.25) is 0 Å². The van der Waals surface area contributed by atoms with Crippen LogP contribution in [-0.2, 0) is 17.3 Å². The number of halogens is 6. The molecule has 4 unspecified atom stereocenters. The second kappa shape index (κ2) is 32.1. The fourth-order valence-corrected chi connectivity index (χ4v) is 17.5. The number of aromatic nitrogens is 22. The predicted octanol–water partition coefficient (Wildman–Crippen LogP) is 17.0. The minimum Gasteiger partial charge on any atom is -0.420 e. The highest BCUT2D eigenvalue weighted by molar-refractivity contribution is 7.15. The maximum absolute atomic E-state index is 14.5. The molecule has 0 bridgehead atoms. The Morgan fingerprint density at radius 1 is 0.402 bits per heavy atom. The summed E-state index contributed by atoms with van der Waals surface area (Å²) in [5.74, 6) is 1.62. The molecule has 20 rings (SSSR count). The summed E-state index contributed by atoms with van der Waals surface area (Å²) in [4.78, 5) is 35.8. The number of pyridine rings is 2. The Labute approximate surface area is 678 Å². The zero-order valence-corrected chi connectivity index (χ0v) is 67.3. The number of nitrogens with zero attached hydrogens (tertiary/aromatic N) is 26. The summed E-state index contributed by atoms with van der Waals surface area (Å²) in [6.45, 7) is 19.4. The van der Waals surface area contributed by atoms with Crippen LogP contribution < -0.4 is 19.6 Å². The van der Waals surface area contributed by atoms with E-state index in [2.05, 4.69) is 109 Å². The molecule has 0 radical (unpaired) electrons.